The van der Waals surface area contributed by atoms with E-state index in [1.54, 1.807) is 0 Å². The van der Waals surface area contributed by atoms with Crippen molar-refractivity contribution in [1.29, 1.82) is 0 Å². The number of hydrogen-bond acceptors (Lipinski definition) is 3. The fourth-order valence-electron chi connectivity index (χ4n) is 2.30. The molecule has 6 nitrogen and oxygen atoms in total. The minimum atomic E-state index is -0.0206. The predicted molar refractivity (Wildman–Crippen MR) is 116 cm³/mol. The van der Waals surface area contributed by atoms with Crippen molar-refractivity contribution >= 4 is 35.8 Å². The molecule has 1 amide bonds. The smallest absolute Gasteiger partial charge is 0.223 e. The van der Waals surface area contributed by atoms with Crippen LogP contribution in [-0.2, 0) is 4.79 Å². The lowest BCUT2D eigenvalue weighted by atomic mass is 10.2. The molecule has 1 aliphatic rings. The second-order valence-electron chi connectivity index (χ2n) is 6.45. The number of benzene rings is 1. The first-order valence-corrected chi connectivity index (χ1v) is 9.11. The Morgan fingerprint density at radius 3 is 2.46 bits per heavy atom. The van der Waals surface area contributed by atoms with Crippen LogP contribution >= 0.6 is 24.0 Å². The van der Waals surface area contributed by atoms with E-state index < -0.39 is 0 Å². The van der Waals surface area contributed by atoms with Gasteiger partial charge in [-0.1, -0.05) is 17.7 Å². The number of hydrogen-bond donors (Lipinski definition) is 3. The van der Waals surface area contributed by atoms with E-state index in [1.807, 2.05) is 38.1 Å². The van der Waals surface area contributed by atoms with Gasteiger partial charge in [-0.2, -0.15) is 0 Å². The summed E-state index contributed by atoms with van der Waals surface area (Å²) in [4.78, 5) is 16.1. The first-order chi connectivity index (χ1) is 12.1. The normalized spacial score (nSPS) is 14.8. The van der Waals surface area contributed by atoms with Crippen LogP contribution in [0.15, 0.2) is 29.3 Å². The Bertz CT molecular complexity index is 573. The number of rotatable bonds is 9. The van der Waals surface area contributed by atoms with Crippen LogP contribution in [0.2, 0.25) is 0 Å². The summed E-state index contributed by atoms with van der Waals surface area (Å²) in [7, 11) is 0. The summed E-state index contributed by atoms with van der Waals surface area (Å²) in [5.41, 5.74) is 1.21. The average molecular weight is 474 g/mol. The van der Waals surface area contributed by atoms with Crippen LogP contribution in [-0.4, -0.2) is 44.1 Å². The maximum Gasteiger partial charge on any atom is 0.223 e. The van der Waals surface area contributed by atoms with Crippen LogP contribution in [0.1, 0.15) is 32.3 Å². The number of carbonyl (C=O) groups excluding carboxylic acids is 1. The molecule has 3 N–H and O–H groups in total. The van der Waals surface area contributed by atoms with Gasteiger partial charge in [0.05, 0.1) is 6.54 Å². The van der Waals surface area contributed by atoms with Crippen LogP contribution < -0.4 is 20.7 Å². The van der Waals surface area contributed by atoms with Gasteiger partial charge in [0, 0.05) is 25.6 Å². The fraction of sp³-hybridized carbons (Fsp3) is 0.579. The van der Waals surface area contributed by atoms with Gasteiger partial charge < -0.3 is 20.7 Å². The Kier molecular flexibility index (Phi) is 10.4. The molecule has 0 saturated heterocycles. The number of aryl methyl sites for hydroxylation is 1. The summed E-state index contributed by atoms with van der Waals surface area (Å²) in [6, 6.07) is 8.02. The van der Waals surface area contributed by atoms with Crippen molar-refractivity contribution in [2.24, 2.45) is 10.9 Å². The van der Waals surface area contributed by atoms with Crippen molar-refractivity contribution in [2.45, 2.75) is 39.7 Å². The van der Waals surface area contributed by atoms with Crippen molar-refractivity contribution in [3.63, 3.8) is 0 Å². The van der Waals surface area contributed by atoms with Gasteiger partial charge in [0.25, 0.3) is 0 Å². The number of guanidine groups is 1. The van der Waals surface area contributed by atoms with Crippen LogP contribution in [0.25, 0.3) is 0 Å². The highest BCUT2D eigenvalue weighted by Gasteiger charge is 2.28. The Balaban J connectivity index is 0.00000338. The van der Waals surface area contributed by atoms with Crippen molar-refractivity contribution in [3.8, 4) is 5.75 Å². The monoisotopic (exact) mass is 474 g/mol. The van der Waals surface area contributed by atoms with E-state index in [2.05, 4.69) is 27.9 Å². The minimum Gasteiger partial charge on any atom is -0.489 e. The molecule has 0 heterocycles. The molecule has 1 aliphatic carbocycles. The third kappa shape index (κ3) is 8.73. The molecule has 1 unspecified atom stereocenters. The average Bonchev–Trinajstić information content (AvgIpc) is 3.43. The number of halogens is 1. The van der Waals surface area contributed by atoms with Gasteiger partial charge in [-0.3, -0.25) is 4.79 Å². The zero-order valence-electron chi connectivity index (χ0n) is 15.9. The van der Waals surface area contributed by atoms with Gasteiger partial charge in [0.1, 0.15) is 11.9 Å². The zero-order valence-corrected chi connectivity index (χ0v) is 18.2. The van der Waals surface area contributed by atoms with E-state index in [4.69, 9.17) is 4.74 Å². The summed E-state index contributed by atoms with van der Waals surface area (Å²) < 4.78 is 5.87. The largest absolute Gasteiger partial charge is 0.489 e. The number of ether oxygens (including phenoxy) is 1. The van der Waals surface area contributed by atoms with Gasteiger partial charge in [0.2, 0.25) is 5.91 Å². The lowest BCUT2D eigenvalue weighted by molar-refractivity contribution is -0.122. The van der Waals surface area contributed by atoms with Crippen LogP contribution in [0.4, 0.5) is 0 Å². The van der Waals surface area contributed by atoms with Gasteiger partial charge in [-0.15, -0.1) is 24.0 Å². The van der Waals surface area contributed by atoms with Crippen molar-refractivity contribution in [1.82, 2.24) is 16.0 Å². The van der Waals surface area contributed by atoms with Gasteiger partial charge >= 0.3 is 0 Å². The molecule has 7 heteroatoms. The molecule has 1 atom stereocenters. The van der Waals surface area contributed by atoms with Gasteiger partial charge in [0.15, 0.2) is 5.96 Å². The van der Waals surface area contributed by atoms with Crippen molar-refractivity contribution in [3.05, 3.63) is 29.8 Å². The second-order valence-corrected chi connectivity index (χ2v) is 6.45. The summed E-state index contributed by atoms with van der Waals surface area (Å²) in [6.07, 6.45) is 2.04. The first-order valence-electron chi connectivity index (χ1n) is 9.11. The fourth-order valence-corrected chi connectivity index (χ4v) is 2.30. The molecule has 1 aromatic rings. The topological polar surface area (TPSA) is 74.8 Å². The zero-order chi connectivity index (χ0) is 18.1. The van der Waals surface area contributed by atoms with Gasteiger partial charge in [-0.05, 0) is 45.7 Å². The predicted octanol–water partition coefficient (Wildman–Crippen LogP) is 2.46. The minimum absolute atomic E-state index is 0. The highest BCUT2D eigenvalue weighted by molar-refractivity contribution is 14.0. The first kappa shape index (κ1) is 22.5. The van der Waals surface area contributed by atoms with Crippen molar-refractivity contribution < 1.29 is 9.53 Å². The number of nitrogens with zero attached hydrogens (tertiary/aromatic N) is 1. The molecular formula is C19H31IN4O2. The number of amides is 1. The van der Waals surface area contributed by atoms with Gasteiger partial charge in [-0.25, -0.2) is 4.99 Å². The summed E-state index contributed by atoms with van der Waals surface area (Å²) in [5.74, 6) is 2.02. The molecule has 1 saturated carbocycles. The molecule has 2 rings (SSSR count). The number of nitrogens with one attached hydrogen (secondary N) is 3. The van der Waals surface area contributed by atoms with E-state index in [-0.39, 0.29) is 41.9 Å². The standard InChI is InChI=1S/C19H30N4O2.HI/c1-4-20-19(22-12-11-21-18(24)16-7-8-16)23-13-15(3)25-17-9-5-14(2)6-10-17;/h5-6,9-10,15-16H,4,7-8,11-13H2,1-3H3,(H,21,24)(H2,20,22,23);1H. The molecule has 0 radical (unpaired) electrons. The van der Waals surface area contributed by atoms with E-state index in [0.29, 0.717) is 19.6 Å². The SMILES string of the molecule is CCNC(=NCC(C)Oc1ccc(C)cc1)NCCNC(=O)C1CC1.I. The molecule has 0 spiro atoms. The maximum absolute atomic E-state index is 11.6. The lowest BCUT2D eigenvalue weighted by Gasteiger charge is -2.15. The summed E-state index contributed by atoms with van der Waals surface area (Å²) >= 11 is 0. The van der Waals surface area contributed by atoms with E-state index in [9.17, 15) is 4.79 Å². The molecular weight excluding hydrogens is 443 g/mol. The Morgan fingerprint density at radius 2 is 1.85 bits per heavy atom. The number of carbonyl (C=O) groups is 1. The summed E-state index contributed by atoms with van der Waals surface area (Å²) in [6.45, 7) is 8.68. The molecule has 1 aromatic carbocycles. The molecule has 26 heavy (non-hydrogen) atoms. The van der Waals surface area contributed by atoms with E-state index >= 15 is 0 Å². The quantitative estimate of drug-likeness (QED) is 0.223. The maximum atomic E-state index is 11.6. The third-order valence-electron chi connectivity index (χ3n) is 3.87. The highest BCUT2D eigenvalue weighted by Crippen LogP contribution is 2.28. The van der Waals surface area contributed by atoms with Crippen LogP contribution in [0.3, 0.4) is 0 Å². The molecule has 0 bridgehead atoms. The van der Waals surface area contributed by atoms with Crippen molar-refractivity contribution in [2.75, 3.05) is 26.2 Å². The van der Waals surface area contributed by atoms with Crippen LogP contribution in [0.5, 0.6) is 5.75 Å². The molecule has 146 valence electrons. The highest BCUT2D eigenvalue weighted by atomic mass is 127. The van der Waals surface area contributed by atoms with Crippen LogP contribution in [0, 0.1) is 12.8 Å². The summed E-state index contributed by atoms with van der Waals surface area (Å²) in [5, 5.41) is 9.37. The van der Waals surface area contributed by atoms with E-state index in [1.165, 1.54) is 5.56 Å². The Labute approximate surface area is 173 Å². The third-order valence-corrected chi connectivity index (χ3v) is 3.87. The number of aliphatic imine (C=N–C) groups is 1. The molecule has 1 fully saturated rings. The molecule has 0 aromatic heterocycles. The lowest BCUT2D eigenvalue weighted by Crippen LogP contribution is -2.42. The Morgan fingerprint density at radius 1 is 1.19 bits per heavy atom. The molecule has 0 aliphatic heterocycles. The Hall–Kier alpha value is -1.51. The second kappa shape index (κ2) is 12.0. The van der Waals surface area contributed by atoms with E-state index in [0.717, 1.165) is 31.1 Å².